The van der Waals surface area contributed by atoms with E-state index in [2.05, 4.69) is 5.10 Å². The molecule has 2 N–H and O–H groups in total. The fraction of sp³-hybridized carbons (Fsp3) is 0.348. The minimum Gasteiger partial charge on any atom is -0.381 e. The van der Waals surface area contributed by atoms with Crippen molar-refractivity contribution in [3.8, 4) is 22.6 Å². The Kier molecular flexibility index (Phi) is 5.89. The number of rotatable bonds is 4. The van der Waals surface area contributed by atoms with E-state index in [9.17, 15) is 9.59 Å². The van der Waals surface area contributed by atoms with Crippen LogP contribution in [0.2, 0.25) is 0 Å². The zero-order valence-electron chi connectivity index (χ0n) is 18.5. The van der Waals surface area contributed by atoms with Crippen molar-refractivity contribution >= 4 is 17.5 Å². The Morgan fingerprint density at radius 2 is 1.66 bits per heavy atom. The molecule has 1 fully saturated rings. The van der Waals surface area contributed by atoms with Crippen LogP contribution in [-0.2, 0) is 4.79 Å². The summed E-state index contributed by atoms with van der Waals surface area (Å²) in [6.07, 6.45) is 0. The van der Waals surface area contributed by atoms with E-state index in [0.717, 1.165) is 5.56 Å². The minimum absolute atomic E-state index is 0.0592. The van der Waals surface area contributed by atoms with Crippen LogP contribution in [0.4, 0.5) is 11.6 Å². The first kappa shape index (κ1) is 21.5. The van der Waals surface area contributed by atoms with E-state index in [4.69, 9.17) is 15.7 Å². The van der Waals surface area contributed by atoms with Gasteiger partial charge in [0.1, 0.15) is 17.1 Å². The Morgan fingerprint density at radius 3 is 2.28 bits per heavy atom. The number of benzene rings is 1. The number of aromatic nitrogens is 4. The van der Waals surface area contributed by atoms with Crippen LogP contribution >= 0.6 is 0 Å². The number of carbonyl (C=O) groups is 1. The second kappa shape index (κ2) is 8.78. The fourth-order valence-electron chi connectivity index (χ4n) is 3.80. The molecule has 166 valence electrons. The number of carbonyl (C=O) groups excluding carboxylic acids is 1. The lowest BCUT2D eigenvalue weighted by Gasteiger charge is -2.35. The smallest absolute Gasteiger partial charge is 0.267 e. The van der Waals surface area contributed by atoms with Gasteiger partial charge in [-0.2, -0.15) is 5.10 Å². The molecule has 0 spiro atoms. The molecule has 0 bridgehead atoms. The average Bonchev–Trinajstić information content (AvgIpc) is 2.80. The summed E-state index contributed by atoms with van der Waals surface area (Å²) < 4.78 is 1.44. The molecule has 0 saturated carbocycles. The number of hydrogen-bond acceptors (Lipinski definition) is 7. The normalized spacial score (nSPS) is 14.1. The number of hydrogen-bond donors (Lipinski definition) is 1. The molecule has 1 aliphatic rings. The van der Waals surface area contributed by atoms with Gasteiger partial charge in [0, 0.05) is 44.7 Å². The quantitative estimate of drug-likeness (QED) is 0.671. The second-order valence-corrected chi connectivity index (χ2v) is 8.08. The Hall–Kier alpha value is -3.75. The molecule has 0 radical (unpaired) electrons. The van der Waals surface area contributed by atoms with Gasteiger partial charge in [-0.25, -0.2) is 14.6 Å². The maximum atomic E-state index is 12.3. The standard InChI is InChI=1S/C23H27N7O2/c1-15(2)30-19(32)10-9-18(27-30)21-20(17-7-5-4-6-8-17)25-22(24)23(26-21)29-13-11-28(12-14-29)16(3)31/h4-10,15H,11-14H2,1-3H3,(H2,24,25). The summed E-state index contributed by atoms with van der Waals surface area (Å²) in [5.74, 6) is 0.942. The van der Waals surface area contributed by atoms with Gasteiger partial charge < -0.3 is 15.5 Å². The first-order valence-electron chi connectivity index (χ1n) is 10.7. The third kappa shape index (κ3) is 4.18. The molecular weight excluding hydrogens is 406 g/mol. The van der Waals surface area contributed by atoms with Crippen LogP contribution in [0, 0.1) is 0 Å². The number of nitrogens with two attached hydrogens (primary N) is 1. The van der Waals surface area contributed by atoms with Crippen molar-refractivity contribution in [2.45, 2.75) is 26.8 Å². The number of nitrogens with zero attached hydrogens (tertiary/aromatic N) is 6. The highest BCUT2D eigenvalue weighted by Gasteiger charge is 2.24. The predicted molar refractivity (Wildman–Crippen MR) is 124 cm³/mol. The molecule has 1 amide bonds. The van der Waals surface area contributed by atoms with Crippen LogP contribution in [0.1, 0.15) is 26.8 Å². The molecule has 32 heavy (non-hydrogen) atoms. The van der Waals surface area contributed by atoms with Crippen LogP contribution in [0.15, 0.2) is 47.3 Å². The van der Waals surface area contributed by atoms with E-state index >= 15 is 0 Å². The Morgan fingerprint density at radius 1 is 0.969 bits per heavy atom. The third-order valence-electron chi connectivity index (χ3n) is 5.53. The highest BCUT2D eigenvalue weighted by atomic mass is 16.2. The fourth-order valence-corrected chi connectivity index (χ4v) is 3.80. The summed E-state index contributed by atoms with van der Waals surface area (Å²) in [5.41, 5.74) is 8.77. The number of anilines is 2. The summed E-state index contributed by atoms with van der Waals surface area (Å²) >= 11 is 0. The molecular formula is C23H27N7O2. The van der Waals surface area contributed by atoms with E-state index in [1.54, 1.807) is 17.9 Å². The lowest BCUT2D eigenvalue weighted by atomic mass is 10.1. The monoisotopic (exact) mass is 433 g/mol. The SMILES string of the molecule is CC(=O)N1CCN(c2nc(-c3ccc(=O)n(C(C)C)n3)c(-c3ccccc3)nc2N)CC1. The Balaban J connectivity index is 1.83. The maximum absolute atomic E-state index is 12.3. The van der Waals surface area contributed by atoms with E-state index in [-0.39, 0.29) is 17.5 Å². The van der Waals surface area contributed by atoms with Gasteiger partial charge in [-0.3, -0.25) is 9.59 Å². The van der Waals surface area contributed by atoms with Crippen molar-refractivity contribution in [3.63, 3.8) is 0 Å². The maximum Gasteiger partial charge on any atom is 0.267 e. The van der Waals surface area contributed by atoms with Crippen LogP contribution < -0.4 is 16.2 Å². The summed E-state index contributed by atoms with van der Waals surface area (Å²) in [6.45, 7) is 7.82. The lowest BCUT2D eigenvalue weighted by molar-refractivity contribution is -0.129. The topological polar surface area (TPSA) is 110 Å². The molecule has 0 unspecified atom stereocenters. The van der Waals surface area contributed by atoms with Crippen molar-refractivity contribution in [2.24, 2.45) is 0 Å². The molecule has 1 aromatic carbocycles. The van der Waals surface area contributed by atoms with E-state index in [0.29, 0.717) is 54.9 Å². The van der Waals surface area contributed by atoms with Crippen LogP contribution in [0.3, 0.4) is 0 Å². The van der Waals surface area contributed by atoms with Gasteiger partial charge in [-0.15, -0.1) is 0 Å². The van der Waals surface area contributed by atoms with E-state index in [1.807, 2.05) is 49.1 Å². The van der Waals surface area contributed by atoms with Gasteiger partial charge >= 0.3 is 0 Å². The van der Waals surface area contributed by atoms with Crippen molar-refractivity contribution in [3.05, 3.63) is 52.8 Å². The molecule has 0 aliphatic carbocycles. The van der Waals surface area contributed by atoms with Crippen molar-refractivity contribution < 1.29 is 4.79 Å². The molecule has 2 aromatic heterocycles. The van der Waals surface area contributed by atoms with Crippen molar-refractivity contribution in [2.75, 3.05) is 36.8 Å². The first-order valence-corrected chi connectivity index (χ1v) is 10.7. The summed E-state index contributed by atoms with van der Waals surface area (Å²) in [5, 5.41) is 4.57. The predicted octanol–water partition coefficient (Wildman–Crippen LogP) is 2.20. The zero-order chi connectivity index (χ0) is 22.8. The molecule has 9 heteroatoms. The lowest BCUT2D eigenvalue weighted by Crippen LogP contribution is -2.48. The molecule has 3 aromatic rings. The van der Waals surface area contributed by atoms with Gasteiger partial charge in [0.2, 0.25) is 5.91 Å². The highest BCUT2D eigenvalue weighted by molar-refractivity contribution is 5.80. The van der Waals surface area contributed by atoms with Crippen molar-refractivity contribution in [1.29, 1.82) is 0 Å². The van der Waals surface area contributed by atoms with Crippen molar-refractivity contribution in [1.82, 2.24) is 24.6 Å². The number of piperazine rings is 1. The molecule has 1 aliphatic heterocycles. The Labute approximate surface area is 186 Å². The second-order valence-electron chi connectivity index (χ2n) is 8.08. The molecule has 4 rings (SSSR count). The van der Waals surface area contributed by atoms with Crippen LogP contribution in [-0.4, -0.2) is 56.7 Å². The Bertz CT molecular complexity index is 1180. The number of amides is 1. The van der Waals surface area contributed by atoms with E-state index in [1.165, 1.54) is 10.7 Å². The van der Waals surface area contributed by atoms with Crippen LogP contribution in [0.25, 0.3) is 22.6 Å². The largest absolute Gasteiger partial charge is 0.381 e. The van der Waals surface area contributed by atoms with Gasteiger partial charge in [-0.1, -0.05) is 30.3 Å². The summed E-state index contributed by atoms with van der Waals surface area (Å²) in [4.78, 5) is 37.4. The summed E-state index contributed by atoms with van der Waals surface area (Å²) in [7, 11) is 0. The van der Waals surface area contributed by atoms with Gasteiger partial charge in [-0.05, 0) is 19.9 Å². The van der Waals surface area contributed by atoms with Gasteiger partial charge in [0.15, 0.2) is 11.6 Å². The minimum atomic E-state index is -0.172. The van der Waals surface area contributed by atoms with Crippen LogP contribution in [0.5, 0.6) is 0 Å². The first-order chi connectivity index (χ1) is 15.3. The number of nitrogen functional groups attached to an aromatic ring is 1. The zero-order valence-corrected chi connectivity index (χ0v) is 18.5. The molecule has 1 saturated heterocycles. The molecule has 3 heterocycles. The average molecular weight is 434 g/mol. The third-order valence-corrected chi connectivity index (χ3v) is 5.53. The molecule has 9 nitrogen and oxygen atoms in total. The van der Waals surface area contributed by atoms with E-state index < -0.39 is 0 Å². The summed E-state index contributed by atoms with van der Waals surface area (Å²) in [6, 6.07) is 12.7. The molecule has 0 atom stereocenters. The van der Waals surface area contributed by atoms with Gasteiger partial charge in [0.05, 0.1) is 6.04 Å². The van der Waals surface area contributed by atoms with Gasteiger partial charge in [0.25, 0.3) is 5.56 Å². The highest BCUT2D eigenvalue weighted by Crippen LogP contribution is 2.32.